The summed E-state index contributed by atoms with van der Waals surface area (Å²) in [6.07, 6.45) is 0. The van der Waals surface area contributed by atoms with Crippen LogP contribution in [0.1, 0.15) is 11.1 Å². The van der Waals surface area contributed by atoms with Gasteiger partial charge in [-0.1, -0.05) is 46.3 Å². The highest BCUT2D eigenvalue weighted by Gasteiger charge is 1.98. The fraction of sp³-hybridized carbons (Fsp3) is 0.0714. The van der Waals surface area contributed by atoms with Crippen LogP contribution in [0.5, 0.6) is 0 Å². The summed E-state index contributed by atoms with van der Waals surface area (Å²) in [6, 6.07) is 16.7. The molecule has 0 spiro atoms. The first-order chi connectivity index (χ1) is 7.74. The van der Waals surface area contributed by atoms with Crippen molar-refractivity contribution < 1.29 is 0 Å². The van der Waals surface area contributed by atoms with Crippen molar-refractivity contribution in [2.45, 2.75) is 10.6 Å². The molecule has 16 heavy (non-hydrogen) atoms. The highest BCUT2D eigenvalue weighted by Crippen LogP contribution is 2.26. The van der Waals surface area contributed by atoms with Gasteiger partial charge in [0.05, 0.1) is 0 Å². The van der Waals surface area contributed by atoms with Gasteiger partial charge in [-0.3, -0.25) is 0 Å². The van der Waals surface area contributed by atoms with Gasteiger partial charge in [-0.2, -0.15) is 0 Å². The summed E-state index contributed by atoms with van der Waals surface area (Å²) in [5.74, 6) is 0.997. The van der Waals surface area contributed by atoms with E-state index in [9.17, 15) is 0 Å². The Morgan fingerprint density at radius 3 is 2.50 bits per heavy atom. The fourth-order valence-electron chi connectivity index (χ4n) is 1.44. The average Bonchev–Trinajstić information content (AvgIpc) is 2.27. The lowest BCUT2D eigenvalue weighted by Crippen LogP contribution is -1.81. The molecule has 0 aliphatic rings. The lowest BCUT2D eigenvalue weighted by atomic mass is 10.2. The van der Waals surface area contributed by atoms with Crippen LogP contribution < -0.4 is 0 Å². The Morgan fingerprint density at radius 1 is 1.06 bits per heavy atom. The summed E-state index contributed by atoms with van der Waals surface area (Å²) in [5.41, 5.74) is 2.39. The summed E-state index contributed by atoms with van der Waals surface area (Å²) in [4.78, 5) is 1.25. The van der Waals surface area contributed by atoms with Crippen LogP contribution in [-0.2, 0) is 5.75 Å². The summed E-state index contributed by atoms with van der Waals surface area (Å²) in [5, 5.41) is 0. The first kappa shape index (κ1) is 11.7. The molecule has 0 aliphatic heterocycles. The van der Waals surface area contributed by atoms with Crippen LogP contribution in [0.25, 0.3) is 0 Å². The largest absolute Gasteiger partial charge is 0.121 e. The Hall–Kier alpha value is -0.730. The van der Waals surface area contributed by atoms with Crippen molar-refractivity contribution in [3.05, 3.63) is 71.1 Å². The van der Waals surface area contributed by atoms with E-state index in [1.807, 2.05) is 23.9 Å². The third kappa shape index (κ3) is 3.39. The number of halogens is 1. The van der Waals surface area contributed by atoms with Gasteiger partial charge in [0.15, 0.2) is 0 Å². The van der Waals surface area contributed by atoms with Gasteiger partial charge in [0.2, 0.25) is 0 Å². The molecule has 0 bridgehead atoms. The van der Waals surface area contributed by atoms with Crippen LogP contribution in [0.2, 0.25) is 0 Å². The first-order valence-corrected chi connectivity index (χ1v) is 6.81. The number of hydrogen-bond acceptors (Lipinski definition) is 1. The van der Waals surface area contributed by atoms with Gasteiger partial charge in [0.1, 0.15) is 0 Å². The maximum Gasteiger partial charge on any atom is 0.0232 e. The highest BCUT2D eigenvalue weighted by atomic mass is 79.9. The highest BCUT2D eigenvalue weighted by molar-refractivity contribution is 9.10. The number of hydrogen-bond donors (Lipinski definition) is 0. The lowest BCUT2D eigenvalue weighted by molar-refractivity contribution is 1.36. The monoisotopic (exact) mass is 291 g/mol. The smallest absolute Gasteiger partial charge is 0.0232 e. The third-order valence-corrected chi connectivity index (χ3v) is 3.68. The molecule has 81 valence electrons. The second kappa shape index (κ2) is 5.55. The van der Waals surface area contributed by atoms with Crippen molar-refractivity contribution in [3.8, 4) is 0 Å². The maximum atomic E-state index is 3.95. The van der Waals surface area contributed by atoms with E-state index in [4.69, 9.17) is 0 Å². The summed E-state index contributed by atoms with van der Waals surface area (Å²) < 4.78 is 1.09. The molecular weight excluding hydrogens is 280 g/mol. The quantitative estimate of drug-likeness (QED) is 0.723. The summed E-state index contributed by atoms with van der Waals surface area (Å²) in [6.45, 7) is 3.95. The van der Waals surface area contributed by atoms with E-state index in [0.29, 0.717) is 0 Å². The molecule has 0 aromatic heterocycles. The Labute approximate surface area is 109 Å². The average molecular weight is 292 g/mol. The fourth-order valence-corrected chi connectivity index (χ4v) is 3.11. The molecule has 0 nitrogen and oxygen atoms in total. The third-order valence-electron chi connectivity index (χ3n) is 2.18. The summed E-state index contributed by atoms with van der Waals surface area (Å²) >= 11 is 5.32. The number of rotatable bonds is 3. The van der Waals surface area contributed by atoms with Crippen molar-refractivity contribution >= 4 is 27.7 Å². The van der Waals surface area contributed by atoms with Crippen LogP contribution in [0.15, 0.2) is 57.9 Å². The molecule has 0 unspecified atom stereocenters. The zero-order valence-electron chi connectivity index (χ0n) is 8.82. The second-order valence-electron chi connectivity index (χ2n) is 3.57. The predicted molar refractivity (Wildman–Crippen MR) is 74.6 cm³/mol. The van der Waals surface area contributed by atoms with Gasteiger partial charge in [0.25, 0.3) is 0 Å². The van der Waals surface area contributed by atoms with Crippen molar-refractivity contribution in [3.63, 3.8) is 0 Å². The minimum Gasteiger partial charge on any atom is -0.121 e. The van der Waals surface area contributed by atoms with Gasteiger partial charge < -0.3 is 0 Å². The Bertz CT molecular complexity index is 445. The van der Waals surface area contributed by atoms with E-state index in [-0.39, 0.29) is 0 Å². The van der Waals surface area contributed by atoms with Crippen molar-refractivity contribution in [2.24, 2.45) is 0 Å². The van der Waals surface area contributed by atoms with Crippen LogP contribution in [0, 0.1) is 6.92 Å². The van der Waals surface area contributed by atoms with E-state index in [1.165, 1.54) is 10.5 Å². The van der Waals surface area contributed by atoms with Gasteiger partial charge in [-0.05, 0) is 36.2 Å². The zero-order valence-corrected chi connectivity index (χ0v) is 11.2. The Morgan fingerprint density at radius 2 is 1.81 bits per heavy atom. The molecule has 0 saturated heterocycles. The van der Waals surface area contributed by atoms with Crippen molar-refractivity contribution in [1.82, 2.24) is 0 Å². The molecule has 0 saturated carbocycles. The van der Waals surface area contributed by atoms with Crippen LogP contribution in [0.4, 0.5) is 0 Å². The predicted octanol–water partition coefficient (Wildman–Crippen LogP) is 4.92. The second-order valence-corrected chi connectivity index (χ2v) is 5.53. The van der Waals surface area contributed by atoms with Crippen molar-refractivity contribution in [2.75, 3.05) is 0 Å². The molecule has 2 aromatic rings. The van der Waals surface area contributed by atoms with E-state index in [0.717, 1.165) is 15.8 Å². The molecule has 0 amide bonds. The van der Waals surface area contributed by atoms with Crippen LogP contribution in [-0.4, -0.2) is 0 Å². The van der Waals surface area contributed by atoms with E-state index in [2.05, 4.69) is 59.3 Å². The molecule has 1 radical (unpaired) electrons. The van der Waals surface area contributed by atoms with E-state index in [1.54, 1.807) is 0 Å². The van der Waals surface area contributed by atoms with Crippen LogP contribution >= 0.6 is 27.7 Å². The molecule has 0 N–H and O–H groups in total. The molecule has 0 atom stereocenters. The van der Waals surface area contributed by atoms with Gasteiger partial charge in [0, 0.05) is 15.1 Å². The van der Waals surface area contributed by atoms with Crippen molar-refractivity contribution in [1.29, 1.82) is 0 Å². The van der Waals surface area contributed by atoms with Gasteiger partial charge >= 0.3 is 0 Å². The zero-order chi connectivity index (χ0) is 11.4. The molecule has 0 heterocycles. The molecule has 2 aromatic carbocycles. The molecule has 2 heteroatoms. The molecule has 2 rings (SSSR count). The topological polar surface area (TPSA) is 0 Å². The standard InChI is InChI=1S/C14H12BrS/c1-11-7-13(15)9-14(8-11)16-10-12-5-3-2-4-6-12/h2-9H,1,10H2. The van der Waals surface area contributed by atoms with Gasteiger partial charge in [-0.25, -0.2) is 0 Å². The normalized spacial score (nSPS) is 10.4. The minimum absolute atomic E-state index is 0.997. The summed E-state index contributed by atoms with van der Waals surface area (Å²) in [7, 11) is 0. The van der Waals surface area contributed by atoms with Gasteiger partial charge in [-0.15, -0.1) is 11.8 Å². The molecule has 0 fully saturated rings. The number of thioether (sulfide) groups is 1. The Balaban J connectivity index is 2.05. The van der Waals surface area contributed by atoms with E-state index >= 15 is 0 Å². The first-order valence-electron chi connectivity index (χ1n) is 5.03. The molecule has 0 aliphatic carbocycles. The Kier molecular flexibility index (Phi) is 4.08. The SMILES string of the molecule is [CH2]c1cc(Br)cc(SCc2ccccc2)c1. The minimum atomic E-state index is 0.997. The van der Waals surface area contributed by atoms with E-state index < -0.39 is 0 Å². The lowest BCUT2D eigenvalue weighted by Gasteiger charge is -2.04. The molecular formula is C14H12BrS. The number of benzene rings is 2. The maximum absolute atomic E-state index is 3.95. The van der Waals surface area contributed by atoms with Crippen LogP contribution in [0.3, 0.4) is 0 Å².